The highest BCUT2D eigenvalue weighted by molar-refractivity contribution is 8.13. The molecule has 4 unspecified atom stereocenters. The predicted octanol–water partition coefficient (Wildman–Crippen LogP) is 8.03. The number of nitro groups is 2. The van der Waals surface area contributed by atoms with Crippen molar-refractivity contribution in [3.63, 3.8) is 0 Å². The van der Waals surface area contributed by atoms with Gasteiger partial charge in [0.15, 0.2) is 28.6 Å². The molecule has 48 nitrogen and oxygen atoms in total. The quantitative estimate of drug-likeness (QED) is 0.00974. The van der Waals surface area contributed by atoms with Gasteiger partial charge in [-0.15, -0.1) is 0 Å². The van der Waals surface area contributed by atoms with Gasteiger partial charge in [-0.1, -0.05) is 46.5 Å². The number of sulfone groups is 4. The lowest BCUT2D eigenvalue weighted by atomic mass is 10.1. The van der Waals surface area contributed by atoms with Gasteiger partial charge < -0.3 is 59.6 Å². The van der Waals surface area contributed by atoms with Crippen molar-refractivity contribution in [1.82, 2.24) is 34.6 Å². The lowest BCUT2D eigenvalue weighted by molar-refractivity contribution is -0.385. The van der Waals surface area contributed by atoms with E-state index in [9.17, 15) is 122 Å². The van der Waals surface area contributed by atoms with Gasteiger partial charge in [0.1, 0.15) is 44.9 Å². The molecule has 6 N–H and O–H groups in total. The molecule has 11 rings (SSSR count). The van der Waals surface area contributed by atoms with Crippen LogP contribution in [0, 0.1) is 20.2 Å². The number of fused-ring (bicyclic) bond motifs is 3. The van der Waals surface area contributed by atoms with Crippen molar-refractivity contribution in [3.8, 4) is 46.5 Å². The standard InChI is InChI=1S/C21H25N3O10S3.C19H19N3O8S.C19H21N3O6S.C11H18N2O4S.C8H5NO6.CH3ClO2S.CH3F.3CH4/c1-6-34-19-17(33-2)11-10-14(22-19)16(12-35(3,27)28)23-20(25)13-8-7-9-15(18(13)21(23)26)24(36(4,29)30)37(5,31)32;1-4-30-17-15(29-2)9-8-12(20-17)14(10-31(3,27)28)21-18(23)11-6-5-7-13(22(25)26)16(11)19(21)24;1-4-28-17-15(27-2)9-8-13(21-17)14(10-29(3,25)26)22-18(23)11-6-5-7-12(20)16(11)19(22)24;1-4-17-11-10(16-2)6-5-9(13-11)8(12)7-18(3,14)15;10-7(11)4-2-1-3-5(9(14)15)6(4)8(12)13;1-5(2,3)4;1-2;;;/h7-11,16H,6,12H2,1-5H3;5-9,14H,4,10H2,1-3H3;5-9,14H,4,10,20H2,1-3H3;5-6,8H,4,7,12H2,1-3H3;1-3H,(H,10,11)(H,12,13);1H3;1H3;3*1H4/i;;;;;;1D;;;. The summed E-state index contributed by atoms with van der Waals surface area (Å²) in [6.45, 7) is 8.14. The Morgan fingerprint density at radius 1 is 0.443 bits per heavy atom. The minimum Gasteiger partial charge on any atom is -0.491 e. The number of carbonyl (C=O) groups is 8. The molecule has 0 aliphatic carbocycles. The lowest BCUT2D eigenvalue weighted by Gasteiger charge is -2.26. The molecule has 4 atom stereocenters. The van der Waals surface area contributed by atoms with E-state index < -0.39 is 208 Å². The number of pyridine rings is 4. The Balaban J connectivity index is 0.000000597. The van der Waals surface area contributed by atoms with Crippen LogP contribution in [0.5, 0.6) is 46.5 Å². The van der Waals surface area contributed by atoms with Crippen LogP contribution in [0.4, 0.5) is 27.1 Å². The fraction of sp³-hybridized carbons (Fsp3) is 0.373. The van der Waals surface area contributed by atoms with E-state index in [1.165, 1.54) is 95.2 Å². The van der Waals surface area contributed by atoms with Crippen LogP contribution >= 0.6 is 10.7 Å². The van der Waals surface area contributed by atoms with Crippen LogP contribution in [0.25, 0.3) is 0 Å². The van der Waals surface area contributed by atoms with Crippen LogP contribution < -0.4 is 53.1 Å². The number of ether oxygens (including phenoxy) is 8. The minimum absolute atomic E-state index is 0. The molecular weight excluding hydrogens is 2020 g/mol. The van der Waals surface area contributed by atoms with Crippen molar-refractivity contribution in [2.45, 2.75) is 74.1 Å². The number of nitro benzene ring substituents is 2. The van der Waals surface area contributed by atoms with Crippen molar-refractivity contribution < 1.29 is 161 Å². The van der Waals surface area contributed by atoms with Gasteiger partial charge in [-0.2, -0.15) is 3.71 Å². The zero-order chi connectivity index (χ0) is 105. The third kappa shape index (κ3) is 32.3. The molecule has 0 spiro atoms. The number of nitrogen functional groups attached to an aromatic ring is 1. The monoisotopic (exact) mass is 2130 g/mol. The largest absolute Gasteiger partial charge is 0.491 e. The summed E-state index contributed by atoms with van der Waals surface area (Å²) in [5, 5.41) is 39.1. The smallest absolute Gasteiger partial charge is 0.343 e. The fourth-order valence-electron chi connectivity index (χ4n) is 13.0. The van der Waals surface area contributed by atoms with E-state index in [1.807, 2.05) is 6.92 Å². The van der Waals surface area contributed by atoms with Crippen molar-refractivity contribution in [3.05, 3.63) is 209 Å². The maximum Gasteiger partial charge on any atom is 0.343 e. The fourth-order valence-corrected chi connectivity index (χ4v) is 19.5. The summed E-state index contributed by atoms with van der Waals surface area (Å²) < 4.78 is 222. The predicted molar refractivity (Wildman–Crippen MR) is 511 cm³/mol. The molecule has 0 fully saturated rings. The number of aromatic carboxylic acids is 2. The van der Waals surface area contributed by atoms with Gasteiger partial charge in [0.05, 0.1) is 201 Å². The van der Waals surface area contributed by atoms with Crippen LogP contribution in [0.1, 0.15) is 181 Å². The Morgan fingerprint density at radius 3 is 1.01 bits per heavy atom. The molecule has 140 heavy (non-hydrogen) atoms. The lowest BCUT2D eigenvalue weighted by Crippen LogP contribution is -2.39. The molecule has 57 heteroatoms. The summed E-state index contributed by atoms with van der Waals surface area (Å²) in [5.41, 5.74) is 8.15. The van der Waals surface area contributed by atoms with Gasteiger partial charge in [-0.25, -0.2) is 88.4 Å². The number of amides is 6. The number of nitrogens with zero attached hydrogens (tertiary/aromatic N) is 10. The highest BCUT2D eigenvalue weighted by atomic mass is 35.7. The number of rotatable bonds is 34. The van der Waals surface area contributed by atoms with E-state index in [4.69, 9.17) is 60.9 Å². The summed E-state index contributed by atoms with van der Waals surface area (Å²) in [7, 11) is -17.1. The Hall–Kier alpha value is -13.5. The highest BCUT2D eigenvalue weighted by Crippen LogP contribution is 2.43. The average molecular weight is 2130 g/mol. The molecule has 6 amide bonds. The summed E-state index contributed by atoms with van der Waals surface area (Å²) in [6, 6.07) is 22.2. The SMILES string of the molecule is C.C.C.CCOc1nc(C(CS(C)(=O)=O)N2C(=O)c3cccc(N(S(C)(=O)=O)S(C)(=O)=O)c3C2=O)ccc1OC.CCOc1nc(C(CS(C)(=O)=O)N2C(=O)c3cccc(N)c3C2=O)ccc1OC.CCOc1nc(C(CS(C)(=O)=O)N2C(=O)c3cccc([N+](=O)[O-])c3C2=O)ccc1OC.CCOc1nc(C(N)CS(C)(=O)=O)ccc1OC.CS(=O)(=O)Cl.O=C(O)c1cccc([N+](=O)[O-])c1C(=O)O.[2H]CF. The molecule has 0 radical (unpaired) electrons. The Kier molecular flexibility index (Phi) is 44.3. The molecule has 0 saturated carbocycles. The first-order chi connectivity index (χ1) is 64.0. The molecule has 0 saturated heterocycles. The van der Waals surface area contributed by atoms with E-state index in [0.717, 1.165) is 66.5 Å². The number of alkyl halides is 1. The number of carboxylic acids is 2. The summed E-state index contributed by atoms with van der Waals surface area (Å²) in [5.74, 6) is -8.41. The normalized spacial score (nSPS) is 13.4. The molecule has 4 aromatic heterocycles. The number of nitrogens with two attached hydrogens (primary N) is 2. The molecule has 0 bridgehead atoms. The van der Waals surface area contributed by atoms with Crippen LogP contribution in [-0.2, 0) is 68.4 Å². The molecule has 8 aromatic rings. The van der Waals surface area contributed by atoms with Gasteiger partial charge in [0, 0.05) is 53.5 Å². The van der Waals surface area contributed by atoms with Crippen LogP contribution in [0.15, 0.2) is 121 Å². The van der Waals surface area contributed by atoms with Crippen molar-refractivity contribution in [2.75, 3.05) is 138 Å². The Morgan fingerprint density at radius 2 is 0.721 bits per heavy atom. The van der Waals surface area contributed by atoms with Gasteiger partial charge in [-0.05, 0) is 113 Å². The summed E-state index contributed by atoms with van der Waals surface area (Å²) >= 11 is 0. The van der Waals surface area contributed by atoms with Crippen molar-refractivity contribution >= 4 is 149 Å². The first-order valence-corrected chi connectivity index (χ1v) is 53.5. The minimum atomic E-state index is -4.45. The topological polar surface area (TPSA) is 693 Å². The van der Waals surface area contributed by atoms with Gasteiger partial charge in [0.25, 0.3) is 70.3 Å². The number of carbonyl (C=O) groups excluding carboxylic acids is 6. The van der Waals surface area contributed by atoms with Gasteiger partial charge in [0.2, 0.25) is 29.1 Å². The van der Waals surface area contributed by atoms with E-state index in [0.29, 0.717) is 58.6 Å². The number of imide groups is 3. The van der Waals surface area contributed by atoms with Gasteiger partial charge >= 0.3 is 11.9 Å². The second-order valence-electron chi connectivity index (χ2n) is 28.6. The van der Waals surface area contributed by atoms with E-state index in [1.54, 1.807) is 45.0 Å². The number of sulfonamides is 2. The van der Waals surface area contributed by atoms with Crippen molar-refractivity contribution in [2.24, 2.45) is 5.73 Å². The van der Waals surface area contributed by atoms with E-state index in [2.05, 4.69) is 30.6 Å². The van der Waals surface area contributed by atoms with Crippen molar-refractivity contribution in [1.29, 1.82) is 0 Å². The third-order valence-electron chi connectivity index (χ3n) is 18.1. The molecule has 770 valence electrons. The number of aromatic nitrogens is 4. The second kappa shape index (κ2) is 51.4. The number of hydrogen-bond acceptors (Lipinski definition) is 40. The summed E-state index contributed by atoms with van der Waals surface area (Å²) in [6.07, 6.45) is 6.22. The molecule has 3 aliphatic rings. The first kappa shape index (κ1) is 121. The number of methoxy groups -OCH3 is 4. The second-order valence-corrected chi connectivity index (χ2v) is 44.2. The summed E-state index contributed by atoms with van der Waals surface area (Å²) in [4.78, 5) is 140. The van der Waals surface area contributed by atoms with E-state index >= 15 is 0 Å². The Bertz CT molecular complexity index is 6790. The highest BCUT2D eigenvalue weighted by Gasteiger charge is 2.49. The molecule has 4 aromatic carbocycles. The number of halogens is 2. The number of hydrogen-bond donors (Lipinski definition) is 4. The number of benzene rings is 4. The third-order valence-corrected chi connectivity index (χ3v) is 25.1. The number of anilines is 2. The van der Waals surface area contributed by atoms with Gasteiger partial charge in [-0.3, -0.25) is 68.1 Å². The van der Waals surface area contributed by atoms with Crippen LogP contribution in [0.3, 0.4) is 0 Å². The maximum absolute atomic E-state index is 13.6. The molecular formula is C83H106ClFN12O36S7. The zero-order valence-corrected chi connectivity index (χ0v) is 81.7. The maximum atomic E-state index is 13.6. The number of carboxylic acid groups (broad SMARTS) is 2. The Labute approximate surface area is 813 Å². The molecule has 3 aliphatic heterocycles. The van der Waals surface area contributed by atoms with Crippen LogP contribution in [0.2, 0.25) is 0 Å². The zero-order valence-electron chi connectivity index (χ0n) is 76.2. The first-order valence-electron chi connectivity index (χ1n) is 39.5. The van der Waals surface area contributed by atoms with E-state index in [-0.39, 0.29) is 125 Å². The molecule has 7 heterocycles. The average Bonchev–Trinajstić information content (AvgIpc) is 1.60. The van der Waals surface area contributed by atoms with Crippen LogP contribution in [-0.4, -0.2) is 290 Å².